The molecule has 0 saturated carbocycles. The number of nitrogens with zero attached hydrogens (tertiary/aromatic N) is 3. The summed E-state index contributed by atoms with van der Waals surface area (Å²) in [6.07, 6.45) is 3.66. The summed E-state index contributed by atoms with van der Waals surface area (Å²) >= 11 is 5.36. The number of hydrogen-bond acceptors (Lipinski definition) is 7. The normalized spacial score (nSPS) is 18.3. The number of nitrogens with one attached hydrogen (secondary N) is 2. The maximum absolute atomic E-state index is 11.1. The highest BCUT2D eigenvalue weighted by Crippen LogP contribution is 2.32. The molecule has 2 N–H and O–H groups in total. The van der Waals surface area contributed by atoms with Gasteiger partial charge < -0.3 is 9.62 Å². The minimum absolute atomic E-state index is 0.0922. The molecule has 0 spiro atoms. The van der Waals surface area contributed by atoms with Gasteiger partial charge in [0.2, 0.25) is 5.91 Å². The molecule has 1 aliphatic heterocycles. The van der Waals surface area contributed by atoms with Crippen molar-refractivity contribution in [1.29, 1.82) is 0 Å². The van der Waals surface area contributed by atoms with E-state index in [-0.39, 0.29) is 11.4 Å². The Morgan fingerprint density at radius 3 is 3.16 bits per heavy atom. The third kappa shape index (κ3) is 3.62. The van der Waals surface area contributed by atoms with Crippen molar-refractivity contribution >= 4 is 36.2 Å². The van der Waals surface area contributed by atoms with Crippen molar-refractivity contribution in [3.8, 4) is 0 Å². The lowest BCUT2D eigenvalue weighted by atomic mass is 10.3. The van der Waals surface area contributed by atoms with Gasteiger partial charge in [-0.1, -0.05) is 24.6 Å². The fourth-order valence-corrected chi connectivity index (χ4v) is 2.83. The van der Waals surface area contributed by atoms with Gasteiger partial charge >= 0.3 is 0 Å². The zero-order valence-corrected chi connectivity index (χ0v) is 12.1. The topological polar surface area (TPSA) is 70.2 Å². The molecule has 1 atom stereocenters. The summed E-state index contributed by atoms with van der Waals surface area (Å²) in [4.78, 5) is 21.3. The first-order chi connectivity index (χ1) is 9.22. The second-order valence-electron chi connectivity index (χ2n) is 3.94. The van der Waals surface area contributed by atoms with Crippen LogP contribution in [0.15, 0.2) is 24.0 Å². The Kier molecular flexibility index (Phi) is 5.06. The quantitative estimate of drug-likeness (QED) is 0.694. The lowest BCUT2D eigenvalue weighted by molar-refractivity contribution is -0.119. The van der Waals surface area contributed by atoms with Crippen molar-refractivity contribution in [2.75, 3.05) is 13.6 Å². The second-order valence-corrected chi connectivity index (χ2v) is 5.11. The monoisotopic (exact) mass is 297 g/mol. The molecular formula is C11H15N5OS2. The number of hydrogen-bond donors (Lipinski definition) is 3. The van der Waals surface area contributed by atoms with E-state index in [0.29, 0.717) is 13.0 Å². The van der Waals surface area contributed by atoms with E-state index in [4.69, 9.17) is 0 Å². The van der Waals surface area contributed by atoms with E-state index in [2.05, 4.69) is 43.1 Å². The van der Waals surface area contributed by atoms with Gasteiger partial charge in [-0.25, -0.2) is 9.97 Å². The highest BCUT2D eigenvalue weighted by Gasteiger charge is 2.24. The molecule has 6 nitrogen and oxygen atoms in total. The van der Waals surface area contributed by atoms with E-state index in [1.54, 1.807) is 18.0 Å². The SMILES string of the molecule is CN1C(c2ccncn2)=CSC1NCCC(=O)NS. The van der Waals surface area contributed by atoms with E-state index in [0.717, 1.165) is 11.4 Å². The van der Waals surface area contributed by atoms with Crippen molar-refractivity contribution in [2.24, 2.45) is 0 Å². The van der Waals surface area contributed by atoms with Crippen LogP contribution in [0.2, 0.25) is 0 Å². The van der Waals surface area contributed by atoms with Crippen LogP contribution < -0.4 is 10.0 Å². The zero-order chi connectivity index (χ0) is 13.7. The molecule has 19 heavy (non-hydrogen) atoms. The molecule has 0 saturated heterocycles. The van der Waals surface area contributed by atoms with Crippen molar-refractivity contribution < 1.29 is 4.79 Å². The standard InChI is InChI=1S/C11H15N5OS2/c1-16-9(8-2-4-12-7-14-8)6-19-11(16)13-5-3-10(17)15-18/h2,4,6-7,11,13,18H,3,5H2,1H3,(H,15,17). The number of amides is 1. The average molecular weight is 297 g/mol. The first kappa shape index (κ1) is 14.2. The third-order valence-corrected chi connectivity index (χ3v) is 4.03. The highest BCUT2D eigenvalue weighted by atomic mass is 32.2. The number of thioether (sulfide) groups is 1. The predicted molar refractivity (Wildman–Crippen MR) is 78.9 cm³/mol. The van der Waals surface area contributed by atoms with Crippen LogP contribution in [-0.2, 0) is 4.79 Å². The molecule has 0 aromatic carbocycles. The maximum Gasteiger partial charge on any atom is 0.230 e. The summed E-state index contributed by atoms with van der Waals surface area (Å²) in [5.74, 6) is -0.0922. The van der Waals surface area contributed by atoms with E-state index in [9.17, 15) is 4.79 Å². The fraction of sp³-hybridized carbons (Fsp3) is 0.364. The largest absolute Gasteiger partial charge is 0.348 e. The average Bonchev–Trinajstić information content (AvgIpc) is 2.81. The molecule has 1 aromatic heterocycles. The first-order valence-corrected chi connectivity index (χ1v) is 7.12. The molecule has 1 amide bonds. The summed E-state index contributed by atoms with van der Waals surface area (Å²) < 4.78 is 2.30. The lowest BCUT2D eigenvalue weighted by Crippen LogP contribution is -2.38. The Balaban J connectivity index is 1.87. The summed E-state index contributed by atoms with van der Waals surface area (Å²) in [6, 6.07) is 1.87. The highest BCUT2D eigenvalue weighted by molar-refractivity contribution is 8.03. The van der Waals surface area contributed by atoms with E-state index >= 15 is 0 Å². The Labute approximate surface area is 121 Å². The van der Waals surface area contributed by atoms with Gasteiger partial charge in [0.25, 0.3) is 0 Å². The zero-order valence-electron chi connectivity index (χ0n) is 10.4. The van der Waals surface area contributed by atoms with Crippen molar-refractivity contribution in [2.45, 2.75) is 11.9 Å². The van der Waals surface area contributed by atoms with Gasteiger partial charge in [0.1, 0.15) is 11.8 Å². The molecule has 8 heteroatoms. The van der Waals surface area contributed by atoms with Crippen LogP contribution in [0.3, 0.4) is 0 Å². The molecule has 0 radical (unpaired) electrons. The van der Waals surface area contributed by atoms with Gasteiger partial charge in [-0.05, 0) is 11.5 Å². The molecule has 2 rings (SSSR count). The van der Waals surface area contributed by atoms with Gasteiger partial charge in [-0.3, -0.25) is 10.1 Å². The number of thiol groups is 1. The molecular weight excluding hydrogens is 282 g/mol. The molecule has 102 valence electrons. The van der Waals surface area contributed by atoms with Crippen LogP contribution in [0.5, 0.6) is 0 Å². The van der Waals surface area contributed by atoms with Crippen LogP contribution in [-0.4, -0.2) is 39.9 Å². The molecule has 2 heterocycles. The number of rotatable bonds is 5. The Morgan fingerprint density at radius 1 is 1.63 bits per heavy atom. The minimum atomic E-state index is -0.0922. The van der Waals surface area contributed by atoms with Gasteiger partial charge in [-0.15, -0.1) is 0 Å². The molecule has 0 fully saturated rings. The van der Waals surface area contributed by atoms with E-state index in [1.807, 2.05) is 13.1 Å². The third-order valence-electron chi connectivity index (χ3n) is 2.68. The first-order valence-electron chi connectivity index (χ1n) is 5.73. The van der Waals surface area contributed by atoms with Crippen molar-refractivity contribution in [1.82, 2.24) is 24.9 Å². The van der Waals surface area contributed by atoms with Gasteiger partial charge in [0.05, 0.1) is 11.4 Å². The van der Waals surface area contributed by atoms with Gasteiger partial charge in [0.15, 0.2) is 0 Å². The van der Waals surface area contributed by atoms with Crippen molar-refractivity contribution in [3.05, 3.63) is 29.7 Å². The van der Waals surface area contributed by atoms with Crippen LogP contribution in [0.25, 0.3) is 5.70 Å². The van der Waals surface area contributed by atoms with Crippen LogP contribution in [0.1, 0.15) is 12.1 Å². The maximum atomic E-state index is 11.1. The Bertz CT molecular complexity index is 467. The lowest BCUT2D eigenvalue weighted by Gasteiger charge is -2.24. The van der Waals surface area contributed by atoms with Crippen molar-refractivity contribution in [3.63, 3.8) is 0 Å². The number of carbonyl (C=O) groups excluding carboxylic acids is 1. The van der Waals surface area contributed by atoms with Crippen LogP contribution >= 0.6 is 24.6 Å². The summed E-state index contributed by atoms with van der Waals surface area (Å²) in [6.45, 7) is 0.597. The fourth-order valence-electron chi connectivity index (χ4n) is 1.66. The summed E-state index contributed by atoms with van der Waals surface area (Å²) in [5.41, 5.74) is 2.05. The minimum Gasteiger partial charge on any atom is -0.348 e. The smallest absolute Gasteiger partial charge is 0.230 e. The predicted octanol–water partition coefficient (Wildman–Crippen LogP) is 0.678. The summed E-state index contributed by atoms with van der Waals surface area (Å²) in [7, 11) is 1.99. The van der Waals surface area contributed by atoms with Gasteiger partial charge in [-0.2, -0.15) is 0 Å². The van der Waals surface area contributed by atoms with Gasteiger partial charge in [0, 0.05) is 26.2 Å². The molecule has 1 aliphatic rings. The number of carbonyl (C=O) groups is 1. The van der Waals surface area contributed by atoms with Crippen LogP contribution in [0.4, 0.5) is 0 Å². The van der Waals surface area contributed by atoms with E-state index in [1.165, 1.54) is 6.33 Å². The number of aromatic nitrogens is 2. The second kappa shape index (κ2) is 6.78. The molecule has 0 aliphatic carbocycles. The Morgan fingerprint density at radius 2 is 2.47 bits per heavy atom. The molecule has 0 bridgehead atoms. The van der Waals surface area contributed by atoms with E-state index < -0.39 is 0 Å². The Hall–Kier alpha value is -1.25. The van der Waals surface area contributed by atoms with Crippen LogP contribution in [0, 0.1) is 0 Å². The molecule has 1 aromatic rings. The molecule has 1 unspecified atom stereocenters. The summed E-state index contributed by atoms with van der Waals surface area (Å²) in [5, 5.41) is 5.35.